The van der Waals surface area contributed by atoms with Crippen molar-refractivity contribution in [2.45, 2.75) is 18.9 Å². The maximum atomic E-state index is 7.21. The topological polar surface area (TPSA) is 33.0 Å². The minimum Gasteiger partial charge on any atom is -0.489 e. The molecule has 12 heavy (non-hydrogen) atoms. The Bertz CT molecular complexity index is 272. The quantitative estimate of drug-likeness (QED) is 0.618. The Morgan fingerprint density at radius 3 is 3.08 bits per heavy atom. The Hall–Kier alpha value is -1.02. The van der Waals surface area contributed by atoms with E-state index in [1.165, 1.54) is 5.56 Å². The molecular formula is C10H12NO. The van der Waals surface area contributed by atoms with Crippen LogP contribution in [-0.2, 0) is 6.42 Å². The zero-order valence-electron chi connectivity index (χ0n) is 6.92. The molecule has 1 N–H and O–H groups in total. The second kappa shape index (κ2) is 3.15. The molecule has 1 aliphatic heterocycles. The second-order valence-corrected chi connectivity index (χ2v) is 3.09. The number of hydrogen-bond acceptors (Lipinski definition) is 1. The molecule has 1 aliphatic rings. The third-order valence-corrected chi connectivity index (χ3v) is 2.23. The van der Waals surface area contributed by atoms with E-state index in [9.17, 15) is 0 Å². The van der Waals surface area contributed by atoms with Crippen LogP contribution in [-0.4, -0.2) is 12.6 Å². The zero-order valence-corrected chi connectivity index (χ0v) is 6.92. The van der Waals surface area contributed by atoms with E-state index < -0.39 is 0 Å². The van der Waals surface area contributed by atoms with Gasteiger partial charge >= 0.3 is 0 Å². The van der Waals surface area contributed by atoms with Crippen molar-refractivity contribution >= 4 is 0 Å². The first-order valence-corrected chi connectivity index (χ1v) is 4.29. The molecule has 0 aliphatic carbocycles. The molecule has 1 aromatic rings. The fourth-order valence-electron chi connectivity index (χ4n) is 1.52. The van der Waals surface area contributed by atoms with Gasteiger partial charge in [0.1, 0.15) is 11.9 Å². The molecule has 2 rings (SSSR count). The Morgan fingerprint density at radius 2 is 2.25 bits per heavy atom. The molecule has 1 aromatic carbocycles. The molecule has 2 nitrogen and oxygen atoms in total. The van der Waals surface area contributed by atoms with Crippen molar-refractivity contribution in [3.63, 3.8) is 0 Å². The number of hydrogen-bond donors (Lipinski definition) is 0. The van der Waals surface area contributed by atoms with E-state index in [1.54, 1.807) is 0 Å². The van der Waals surface area contributed by atoms with E-state index in [0.29, 0.717) is 6.54 Å². The first-order chi connectivity index (χ1) is 5.90. The predicted molar refractivity (Wildman–Crippen MR) is 47.1 cm³/mol. The van der Waals surface area contributed by atoms with Crippen LogP contribution in [0.4, 0.5) is 0 Å². The molecule has 2 heteroatoms. The lowest BCUT2D eigenvalue weighted by Crippen LogP contribution is -2.26. The molecule has 0 saturated heterocycles. The maximum absolute atomic E-state index is 7.21. The molecular weight excluding hydrogens is 150 g/mol. The summed E-state index contributed by atoms with van der Waals surface area (Å²) in [4.78, 5) is 0. The van der Waals surface area contributed by atoms with E-state index in [0.717, 1.165) is 18.6 Å². The monoisotopic (exact) mass is 162 g/mol. The summed E-state index contributed by atoms with van der Waals surface area (Å²) in [6.07, 6.45) is 2.15. The third-order valence-electron chi connectivity index (χ3n) is 2.23. The van der Waals surface area contributed by atoms with Gasteiger partial charge in [-0.3, -0.25) is 5.73 Å². The van der Waals surface area contributed by atoms with Gasteiger partial charge in [-0.25, -0.2) is 0 Å². The van der Waals surface area contributed by atoms with Crippen LogP contribution in [0.15, 0.2) is 24.3 Å². The first-order valence-electron chi connectivity index (χ1n) is 4.29. The highest BCUT2D eigenvalue weighted by Gasteiger charge is 2.17. The van der Waals surface area contributed by atoms with Crippen LogP contribution in [0.5, 0.6) is 5.75 Å². The third kappa shape index (κ3) is 1.30. The van der Waals surface area contributed by atoms with Gasteiger partial charge in [0.15, 0.2) is 0 Å². The number of para-hydroxylation sites is 1. The van der Waals surface area contributed by atoms with Crippen LogP contribution < -0.4 is 10.5 Å². The van der Waals surface area contributed by atoms with Crippen LogP contribution in [0.3, 0.4) is 0 Å². The number of fused-ring (bicyclic) bond motifs is 1. The normalized spacial score (nSPS) is 21.2. The number of benzene rings is 1. The van der Waals surface area contributed by atoms with Gasteiger partial charge in [-0.05, 0) is 24.5 Å². The summed E-state index contributed by atoms with van der Waals surface area (Å²) in [5.74, 6) is 0.973. The van der Waals surface area contributed by atoms with Crippen LogP contribution in [0.2, 0.25) is 0 Å². The number of rotatable bonds is 1. The van der Waals surface area contributed by atoms with Crippen LogP contribution in [0, 0.1) is 0 Å². The molecule has 0 fully saturated rings. The van der Waals surface area contributed by atoms with Crippen LogP contribution >= 0.6 is 0 Å². The van der Waals surface area contributed by atoms with E-state index in [4.69, 9.17) is 10.5 Å². The summed E-state index contributed by atoms with van der Waals surface area (Å²) in [6.45, 7) is 0.369. The molecule has 0 amide bonds. The highest BCUT2D eigenvalue weighted by Crippen LogP contribution is 2.26. The van der Waals surface area contributed by atoms with E-state index >= 15 is 0 Å². The molecule has 0 bridgehead atoms. The van der Waals surface area contributed by atoms with Gasteiger partial charge in [-0.1, -0.05) is 18.2 Å². The van der Waals surface area contributed by atoms with E-state index in [2.05, 4.69) is 6.07 Å². The molecule has 1 atom stereocenters. The second-order valence-electron chi connectivity index (χ2n) is 3.09. The standard InChI is InChI=1S/C10H12NO/c11-7-9-6-5-8-3-1-2-4-10(8)12-9/h1-4,9,11H,5-7H2. The van der Waals surface area contributed by atoms with Crippen molar-refractivity contribution in [1.82, 2.24) is 5.73 Å². The fourth-order valence-corrected chi connectivity index (χ4v) is 1.52. The van der Waals surface area contributed by atoms with Gasteiger partial charge in [0.25, 0.3) is 0 Å². The zero-order chi connectivity index (χ0) is 8.39. The average Bonchev–Trinajstić information content (AvgIpc) is 2.17. The Kier molecular flexibility index (Phi) is 2.00. The maximum Gasteiger partial charge on any atom is 0.122 e. The van der Waals surface area contributed by atoms with Gasteiger partial charge < -0.3 is 4.74 Å². The fraction of sp³-hybridized carbons (Fsp3) is 0.400. The number of nitrogens with one attached hydrogen (secondary N) is 1. The van der Waals surface area contributed by atoms with Crippen molar-refractivity contribution in [2.75, 3.05) is 6.54 Å². The van der Waals surface area contributed by atoms with Crippen molar-refractivity contribution in [1.29, 1.82) is 0 Å². The minimum atomic E-state index is 0.111. The first kappa shape index (κ1) is 7.62. The number of aryl methyl sites for hydroxylation is 1. The molecule has 0 saturated carbocycles. The van der Waals surface area contributed by atoms with Crippen LogP contribution in [0.1, 0.15) is 12.0 Å². The van der Waals surface area contributed by atoms with Gasteiger partial charge in [0, 0.05) is 6.54 Å². The minimum absolute atomic E-state index is 0.111. The lowest BCUT2D eigenvalue weighted by Gasteiger charge is -2.24. The van der Waals surface area contributed by atoms with Crippen LogP contribution in [0.25, 0.3) is 0 Å². The van der Waals surface area contributed by atoms with Crippen molar-refractivity contribution in [2.24, 2.45) is 0 Å². The Balaban J connectivity index is 2.23. The predicted octanol–water partition coefficient (Wildman–Crippen LogP) is 1.66. The molecule has 0 aromatic heterocycles. The van der Waals surface area contributed by atoms with E-state index in [-0.39, 0.29) is 6.10 Å². The largest absolute Gasteiger partial charge is 0.489 e. The van der Waals surface area contributed by atoms with Gasteiger partial charge in [-0.15, -0.1) is 0 Å². The lowest BCUT2D eigenvalue weighted by atomic mass is 10.0. The van der Waals surface area contributed by atoms with Crippen molar-refractivity contribution in [3.8, 4) is 5.75 Å². The SMILES string of the molecule is [NH]CC1CCc2ccccc2O1. The smallest absolute Gasteiger partial charge is 0.122 e. The van der Waals surface area contributed by atoms with E-state index in [1.807, 2.05) is 18.2 Å². The average molecular weight is 162 g/mol. The summed E-state index contributed by atoms with van der Waals surface area (Å²) in [7, 11) is 0. The highest BCUT2D eigenvalue weighted by molar-refractivity contribution is 5.35. The van der Waals surface area contributed by atoms with Crippen molar-refractivity contribution in [3.05, 3.63) is 29.8 Å². The van der Waals surface area contributed by atoms with Gasteiger partial charge in [0.2, 0.25) is 0 Å². The molecule has 1 unspecified atom stereocenters. The molecule has 63 valence electrons. The number of ether oxygens (including phenoxy) is 1. The summed E-state index contributed by atoms with van der Waals surface area (Å²) in [6, 6.07) is 8.08. The molecule has 0 spiro atoms. The van der Waals surface area contributed by atoms with Crippen molar-refractivity contribution < 1.29 is 4.74 Å². The summed E-state index contributed by atoms with van der Waals surface area (Å²) in [5.41, 5.74) is 8.49. The summed E-state index contributed by atoms with van der Waals surface area (Å²) in [5, 5.41) is 0. The Morgan fingerprint density at radius 1 is 1.42 bits per heavy atom. The Labute approximate surface area is 72.3 Å². The highest BCUT2D eigenvalue weighted by atomic mass is 16.5. The van der Waals surface area contributed by atoms with Gasteiger partial charge in [0.05, 0.1) is 0 Å². The summed E-state index contributed by atoms with van der Waals surface area (Å²) < 4.78 is 5.59. The van der Waals surface area contributed by atoms with Gasteiger partial charge in [-0.2, -0.15) is 0 Å². The molecule has 1 heterocycles. The lowest BCUT2D eigenvalue weighted by molar-refractivity contribution is 0.179. The summed E-state index contributed by atoms with van der Waals surface area (Å²) >= 11 is 0. The molecule has 1 radical (unpaired) electrons.